The molecule has 0 aromatic heterocycles. The first-order valence-corrected chi connectivity index (χ1v) is 7.46. The lowest BCUT2D eigenvalue weighted by atomic mass is 10.1. The fourth-order valence-corrected chi connectivity index (χ4v) is 2.17. The summed E-state index contributed by atoms with van der Waals surface area (Å²) in [6, 6.07) is 11.0. The van der Waals surface area contributed by atoms with E-state index in [4.69, 9.17) is 0 Å². The van der Waals surface area contributed by atoms with Gasteiger partial charge in [-0.25, -0.2) is 4.79 Å². The van der Waals surface area contributed by atoms with E-state index >= 15 is 0 Å². The van der Waals surface area contributed by atoms with Crippen molar-refractivity contribution >= 4 is 29.2 Å². The van der Waals surface area contributed by atoms with Gasteiger partial charge in [-0.3, -0.25) is 9.59 Å². The molecule has 130 valence electrons. The molecule has 0 atom stereocenters. The highest BCUT2D eigenvalue weighted by Crippen LogP contribution is 2.25. The minimum atomic E-state index is -0.576. The molecule has 3 N–H and O–H groups in total. The second kappa shape index (κ2) is 7.96. The molecule has 0 aliphatic rings. The number of phenols is 1. The molecule has 2 aromatic rings. The molecular weight excluding hydrogens is 324 g/mol. The molecule has 0 fully saturated rings. The standard InChI is InChI=1S/C18H18N2O5/c1-11(21)19-14-6-3-12(4-7-14)9-17(23)20-15-8-5-13(10-16(15)22)18(24)25-2/h3-8,10,22H,9H2,1-2H3,(H,19,21)(H,20,23). The van der Waals surface area contributed by atoms with Gasteiger partial charge in [0.2, 0.25) is 11.8 Å². The molecule has 0 saturated carbocycles. The highest BCUT2D eigenvalue weighted by atomic mass is 16.5. The fraction of sp³-hybridized carbons (Fsp3) is 0.167. The van der Waals surface area contributed by atoms with Gasteiger partial charge in [0.15, 0.2) is 0 Å². The van der Waals surface area contributed by atoms with E-state index < -0.39 is 5.97 Å². The predicted octanol–water partition coefficient (Wildman–Crippen LogP) is 2.32. The van der Waals surface area contributed by atoms with Crippen LogP contribution in [0.2, 0.25) is 0 Å². The van der Waals surface area contributed by atoms with Gasteiger partial charge in [0, 0.05) is 12.6 Å². The highest BCUT2D eigenvalue weighted by Gasteiger charge is 2.11. The van der Waals surface area contributed by atoms with Gasteiger partial charge in [-0.2, -0.15) is 0 Å². The van der Waals surface area contributed by atoms with Crippen molar-refractivity contribution in [3.05, 3.63) is 53.6 Å². The second-order valence-electron chi connectivity index (χ2n) is 5.33. The van der Waals surface area contributed by atoms with Crippen LogP contribution in [0, 0.1) is 0 Å². The normalized spacial score (nSPS) is 10.0. The number of hydrogen-bond acceptors (Lipinski definition) is 5. The third kappa shape index (κ3) is 5.07. The van der Waals surface area contributed by atoms with Crippen molar-refractivity contribution in [3.8, 4) is 5.75 Å². The maximum atomic E-state index is 12.1. The highest BCUT2D eigenvalue weighted by molar-refractivity contribution is 5.96. The molecule has 7 nitrogen and oxygen atoms in total. The van der Waals surface area contributed by atoms with Gasteiger partial charge in [-0.15, -0.1) is 0 Å². The van der Waals surface area contributed by atoms with E-state index in [1.807, 2.05) is 0 Å². The largest absolute Gasteiger partial charge is 0.506 e. The summed E-state index contributed by atoms with van der Waals surface area (Å²) in [6.45, 7) is 1.42. The second-order valence-corrected chi connectivity index (χ2v) is 5.33. The van der Waals surface area contributed by atoms with E-state index in [0.717, 1.165) is 5.56 Å². The van der Waals surface area contributed by atoms with E-state index in [9.17, 15) is 19.5 Å². The number of ether oxygens (including phenoxy) is 1. The molecular formula is C18H18N2O5. The number of phenolic OH excluding ortho intramolecular Hbond substituents is 1. The number of carbonyl (C=O) groups excluding carboxylic acids is 3. The Labute approximate surface area is 144 Å². The fourth-order valence-electron chi connectivity index (χ4n) is 2.17. The first-order chi connectivity index (χ1) is 11.9. The van der Waals surface area contributed by atoms with Gasteiger partial charge in [-0.1, -0.05) is 12.1 Å². The molecule has 0 spiro atoms. The lowest BCUT2D eigenvalue weighted by Gasteiger charge is -2.09. The summed E-state index contributed by atoms with van der Waals surface area (Å²) in [5.74, 6) is -1.30. The van der Waals surface area contributed by atoms with Crippen molar-refractivity contribution < 1.29 is 24.2 Å². The van der Waals surface area contributed by atoms with Gasteiger partial charge in [0.1, 0.15) is 5.75 Å². The van der Waals surface area contributed by atoms with E-state index in [1.165, 1.54) is 32.2 Å². The van der Waals surface area contributed by atoms with E-state index in [0.29, 0.717) is 5.69 Å². The number of benzene rings is 2. The summed E-state index contributed by atoms with van der Waals surface area (Å²) < 4.78 is 4.56. The molecule has 0 saturated heterocycles. The van der Waals surface area contributed by atoms with E-state index in [2.05, 4.69) is 15.4 Å². The Hall–Kier alpha value is -3.35. The lowest BCUT2D eigenvalue weighted by Crippen LogP contribution is -2.15. The van der Waals surface area contributed by atoms with Crippen molar-refractivity contribution in [2.24, 2.45) is 0 Å². The number of aromatic hydroxyl groups is 1. The smallest absolute Gasteiger partial charge is 0.337 e. The number of nitrogens with one attached hydrogen (secondary N) is 2. The topological polar surface area (TPSA) is 105 Å². The maximum absolute atomic E-state index is 12.1. The molecule has 2 aromatic carbocycles. The van der Waals surface area contributed by atoms with Crippen molar-refractivity contribution in [2.45, 2.75) is 13.3 Å². The molecule has 0 aliphatic heterocycles. The monoisotopic (exact) mass is 342 g/mol. The lowest BCUT2D eigenvalue weighted by molar-refractivity contribution is -0.116. The van der Waals surface area contributed by atoms with Crippen molar-refractivity contribution in [3.63, 3.8) is 0 Å². The van der Waals surface area contributed by atoms with Gasteiger partial charge >= 0.3 is 5.97 Å². The zero-order valence-electron chi connectivity index (χ0n) is 13.8. The van der Waals surface area contributed by atoms with E-state index in [-0.39, 0.29) is 35.2 Å². The summed E-state index contributed by atoms with van der Waals surface area (Å²) in [4.78, 5) is 34.4. The zero-order valence-corrected chi connectivity index (χ0v) is 13.8. The first-order valence-electron chi connectivity index (χ1n) is 7.46. The van der Waals surface area contributed by atoms with Crippen LogP contribution in [0.4, 0.5) is 11.4 Å². The van der Waals surface area contributed by atoms with Crippen LogP contribution < -0.4 is 10.6 Å². The third-order valence-corrected chi connectivity index (χ3v) is 3.33. The van der Waals surface area contributed by atoms with Crippen LogP contribution in [0.15, 0.2) is 42.5 Å². The predicted molar refractivity (Wildman–Crippen MR) is 92.5 cm³/mol. The van der Waals surface area contributed by atoms with Crippen LogP contribution in [0.1, 0.15) is 22.8 Å². The Balaban J connectivity index is 2.00. The summed E-state index contributed by atoms with van der Waals surface area (Å²) >= 11 is 0. The van der Waals surface area contributed by atoms with Crippen LogP contribution in [-0.2, 0) is 20.7 Å². The summed E-state index contributed by atoms with van der Waals surface area (Å²) in [7, 11) is 1.24. The Morgan fingerprint density at radius 3 is 2.28 bits per heavy atom. The van der Waals surface area contributed by atoms with Crippen LogP contribution in [0.3, 0.4) is 0 Å². The number of hydrogen-bond donors (Lipinski definition) is 3. The number of esters is 1. The van der Waals surface area contributed by atoms with Gasteiger partial charge < -0.3 is 20.5 Å². The Morgan fingerprint density at radius 1 is 1.04 bits per heavy atom. The molecule has 2 rings (SSSR count). The molecule has 0 unspecified atom stereocenters. The van der Waals surface area contributed by atoms with Crippen LogP contribution in [0.25, 0.3) is 0 Å². The van der Waals surface area contributed by atoms with Crippen LogP contribution in [0.5, 0.6) is 5.75 Å². The van der Waals surface area contributed by atoms with Gasteiger partial charge in [0.25, 0.3) is 0 Å². The van der Waals surface area contributed by atoms with Gasteiger partial charge in [-0.05, 0) is 35.9 Å². The van der Waals surface area contributed by atoms with Crippen molar-refractivity contribution in [1.82, 2.24) is 0 Å². The number of anilines is 2. The Morgan fingerprint density at radius 2 is 1.72 bits per heavy atom. The molecule has 7 heteroatoms. The SMILES string of the molecule is COC(=O)c1ccc(NC(=O)Cc2ccc(NC(C)=O)cc2)c(O)c1. The third-order valence-electron chi connectivity index (χ3n) is 3.33. The molecule has 0 heterocycles. The molecule has 0 radical (unpaired) electrons. The summed E-state index contributed by atoms with van der Waals surface area (Å²) in [5.41, 5.74) is 1.78. The quantitative estimate of drug-likeness (QED) is 0.571. The first kappa shape index (κ1) is 18.0. The minimum Gasteiger partial charge on any atom is -0.506 e. The zero-order chi connectivity index (χ0) is 18.4. The Bertz CT molecular complexity index is 800. The summed E-state index contributed by atoms with van der Waals surface area (Å²) in [6.07, 6.45) is 0.0958. The average Bonchev–Trinajstić information content (AvgIpc) is 2.57. The molecule has 0 bridgehead atoms. The van der Waals surface area contributed by atoms with Crippen LogP contribution >= 0.6 is 0 Å². The molecule has 0 aliphatic carbocycles. The van der Waals surface area contributed by atoms with Crippen molar-refractivity contribution in [1.29, 1.82) is 0 Å². The Kier molecular flexibility index (Phi) is 5.73. The molecule has 25 heavy (non-hydrogen) atoms. The number of carbonyl (C=O) groups is 3. The van der Waals surface area contributed by atoms with Crippen molar-refractivity contribution in [2.75, 3.05) is 17.7 Å². The minimum absolute atomic E-state index is 0.0958. The molecule has 2 amide bonds. The van der Waals surface area contributed by atoms with Crippen LogP contribution in [-0.4, -0.2) is 30.0 Å². The van der Waals surface area contributed by atoms with E-state index in [1.54, 1.807) is 24.3 Å². The average molecular weight is 342 g/mol. The number of amides is 2. The summed E-state index contributed by atoms with van der Waals surface area (Å²) in [5, 5.41) is 15.1. The number of methoxy groups -OCH3 is 1. The van der Waals surface area contributed by atoms with Gasteiger partial charge in [0.05, 0.1) is 24.8 Å². The number of rotatable bonds is 5. The maximum Gasteiger partial charge on any atom is 0.337 e.